The lowest BCUT2D eigenvalue weighted by Gasteiger charge is -2.21. The SMILES string of the molecule is CCN(CCCO)Cc1cc(=O)n(C)c(=O)n1C. The van der Waals surface area contributed by atoms with Gasteiger partial charge in [0, 0.05) is 45.6 Å². The summed E-state index contributed by atoms with van der Waals surface area (Å²) >= 11 is 0. The molecule has 6 nitrogen and oxygen atoms in total. The van der Waals surface area contributed by atoms with Gasteiger partial charge >= 0.3 is 5.69 Å². The first-order valence-electron chi connectivity index (χ1n) is 6.10. The van der Waals surface area contributed by atoms with Crippen LogP contribution in [-0.4, -0.2) is 38.8 Å². The van der Waals surface area contributed by atoms with Crippen molar-refractivity contribution in [3.05, 3.63) is 32.6 Å². The van der Waals surface area contributed by atoms with Gasteiger partial charge in [-0.25, -0.2) is 4.79 Å². The fraction of sp³-hybridized carbons (Fsp3) is 0.667. The van der Waals surface area contributed by atoms with Crippen molar-refractivity contribution in [1.29, 1.82) is 0 Å². The zero-order chi connectivity index (χ0) is 13.7. The maximum absolute atomic E-state index is 11.8. The fourth-order valence-corrected chi connectivity index (χ4v) is 1.80. The Balaban J connectivity index is 2.97. The molecular weight excluding hydrogens is 234 g/mol. The largest absolute Gasteiger partial charge is 0.396 e. The van der Waals surface area contributed by atoms with Crippen LogP contribution >= 0.6 is 0 Å². The summed E-state index contributed by atoms with van der Waals surface area (Å²) in [4.78, 5) is 25.4. The average molecular weight is 255 g/mol. The normalized spacial score (nSPS) is 11.2. The molecule has 6 heteroatoms. The predicted molar refractivity (Wildman–Crippen MR) is 69.6 cm³/mol. The van der Waals surface area contributed by atoms with E-state index in [0.717, 1.165) is 17.7 Å². The third-order valence-corrected chi connectivity index (χ3v) is 3.09. The predicted octanol–water partition coefficient (Wildman–Crippen LogP) is -0.712. The summed E-state index contributed by atoms with van der Waals surface area (Å²) in [6, 6.07) is 1.49. The Hall–Kier alpha value is -1.40. The van der Waals surface area contributed by atoms with Crippen molar-refractivity contribution < 1.29 is 5.11 Å². The van der Waals surface area contributed by atoms with E-state index in [1.807, 2.05) is 6.92 Å². The van der Waals surface area contributed by atoms with Crippen LogP contribution in [0.15, 0.2) is 15.7 Å². The molecular formula is C12H21N3O3. The molecule has 0 aromatic carbocycles. The lowest BCUT2D eigenvalue weighted by Crippen LogP contribution is -2.39. The van der Waals surface area contributed by atoms with E-state index >= 15 is 0 Å². The van der Waals surface area contributed by atoms with E-state index < -0.39 is 0 Å². The molecule has 0 aliphatic heterocycles. The molecule has 1 heterocycles. The van der Waals surface area contributed by atoms with Crippen molar-refractivity contribution in [2.75, 3.05) is 19.7 Å². The quantitative estimate of drug-likeness (QED) is 0.729. The highest BCUT2D eigenvalue weighted by Gasteiger charge is 2.09. The third kappa shape index (κ3) is 3.30. The molecule has 0 spiro atoms. The minimum atomic E-state index is -0.310. The van der Waals surface area contributed by atoms with Crippen LogP contribution in [0.4, 0.5) is 0 Å². The average Bonchev–Trinajstić information content (AvgIpc) is 2.37. The summed E-state index contributed by atoms with van der Waals surface area (Å²) in [5.74, 6) is 0. The number of nitrogens with zero attached hydrogens (tertiary/aromatic N) is 3. The van der Waals surface area contributed by atoms with Crippen LogP contribution in [0.5, 0.6) is 0 Å². The van der Waals surface area contributed by atoms with Crippen LogP contribution in [0.3, 0.4) is 0 Å². The van der Waals surface area contributed by atoms with Gasteiger partial charge in [0.25, 0.3) is 5.56 Å². The van der Waals surface area contributed by atoms with Gasteiger partial charge in [0.1, 0.15) is 0 Å². The van der Waals surface area contributed by atoms with Crippen molar-refractivity contribution in [3.8, 4) is 0 Å². The van der Waals surface area contributed by atoms with Crippen LogP contribution in [-0.2, 0) is 20.6 Å². The second-order valence-electron chi connectivity index (χ2n) is 4.32. The number of aromatic nitrogens is 2. The highest BCUT2D eigenvalue weighted by atomic mass is 16.3. The van der Waals surface area contributed by atoms with E-state index in [2.05, 4.69) is 4.90 Å². The van der Waals surface area contributed by atoms with Crippen LogP contribution in [0.2, 0.25) is 0 Å². The minimum absolute atomic E-state index is 0.145. The van der Waals surface area contributed by atoms with Gasteiger partial charge in [-0.05, 0) is 13.0 Å². The highest BCUT2D eigenvalue weighted by molar-refractivity contribution is 5.02. The molecule has 0 atom stereocenters. The summed E-state index contributed by atoms with van der Waals surface area (Å²) in [6.45, 7) is 4.25. The standard InChI is InChI=1S/C12H21N3O3/c1-4-15(6-5-7-16)9-10-8-11(17)14(3)12(18)13(10)2/h8,16H,4-7,9H2,1-3H3. The van der Waals surface area contributed by atoms with Crippen molar-refractivity contribution in [2.45, 2.75) is 19.9 Å². The Labute approximate surface area is 106 Å². The molecule has 0 fully saturated rings. The van der Waals surface area contributed by atoms with Crippen molar-refractivity contribution in [3.63, 3.8) is 0 Å². The van der Waals surface area contributed by atoms with Gasteiger partial charge in [-0.2, -0.15) is 0 Å². The van der Waals surface area contributed by atoms with E-state index in [0.29, 0.717) is 18.7 Å². The molecule has 1 aromatic heterocycles. The molecule has 0 amide bonds. The molecule has 1 N–H and O–H groups in total. The van der Waals surface area contributed by atoms with Crippen molar-refractivity contribution in [1.82, 2.24) is 14.0 Å². The van der Waals surface area contributed by atoms with Gasteiger partial charge < -0.3 is 5.11 Å². The Morgan fingerprint density at radius 2 is 1.94 bits per heavy atom. The second-order valence-corrected chi connectivity index (χ2v) is 4.32. The smallest absolute Gasteiger partial charge is 0.330 e. The van der Waals surface area contributed by atoms with E-state index in [1.54, 1.807) is 7.05 Å². The molecule has 0 aliphatic carbocycles. The number of hydrogen-bond acceptors (Lipinski definition) is 4. The molecule has 0 unspecified atom stereocenters. The molecule has 0 bridgehead atoms. The van der Waals surface area contributed by atoms with E-state index in [4.69, 9.17) is 5.11 Å². The van der Waals surface area contributed by atoms with E-state index in [-0.39, 0.29) is 17.9 Å². The van der Waals surface area contributed by atoms with Crippen LogP contribution in [0.25, 0.3) is 0 Å². The monoisotopic (exact) mass is 255 g/mol. The summed E-state index contributed by atoms with van der Waals surface area (Å²) in [5.41, 5.74) is 0.102. The van der Waals surface area contributed by atoms with Crippen molar-refractivity contribution in [2.24, 2.45) is 14.1 Å². The first-order chi connectivity index (χ1) is 8.51. The Kier molecular flexibility index (Phi) is 5.30. The van der Waals surface area contributed by atoms with Gasteiger partial charge in [0.2, 0.25) is 0 Å². The summed E-state index contributed by atoms with van der Waals surface area (Å²) in [7, 11) is 3.13. The molecule has 0 aliphatic rings. The maximum Gasteiger partial charge on any atom is 0.330 e. The van der Waals surface area contributed by atoms with E-state index in [9.17, 15) is 9.59 Å². The Bertz CT molecular complexity index is 504. The number of aliphatic hydroxyl groups excluding tert-OH is 1. The lowest BCUT2D eigenvalue weighted by atomic mass is 10.3. The second kappa shape index (κ2) is 6.51. The zero-order valence-corrected chi connectivity index (χ0v) is 11.2. The molecule has 18 heavy (non-hydrogen) atoms. The molecule has 0 radical (unpaired) electrons. The number of hydrogen-bond donors (Lipinski definition) is 1. The van der Waals surface area contributed by atoms with Crippen LogP contribution in [0.1, 0.15) is 19.0 Å². The Morgan fingerprint density at radius 1 is 1.28 bits per heavy atom. The van der Waals surface area contributed by atoms with Gasteiger partial charge in [0.05, 0.1) is 0 Å². The van der Waals surface area contributed by atoms with E-state index in [1.165, 1.54) is 17.7 Å². The molecule has 1 aromatic rings. The fourth-order valence-electron chi connectivity index (χ4n) is 1.80. The molecule has 0 saturated carbocycles. The van der Waals surface area contributed by atoms with Gasteiger partial charge in [-0.1, -0.05) is 6.92 Å². The highest BCUT2D eigenvalue weighted by Crippen LogP contribution is 2.00. The Morgan fingerprint density at radius 3 is 2.50 bits per heavy atom. The summed E-state index contributed by atoms with van der Waals surface area (Å²) in [6.07, 6.45) is 0.687. The minimum Gasteiger partial charge on any atom is -0.396 e. The number of rotatable bonds is 6. The van der Waals surface area contributed by atoms with Gasteiger partial charge in [0.15, 0.2) is 0 Å². The topological polar surface area (TPSA) is 67.5 Å². The van der Waals surface area contributed by atoms with Gasteiger partial charge in [-0.15, -0.1) is 0 Å². The van der Waals surface area contributed by atoms with Crippen molar-refractivity contribution >= 4 is 0 Å². The van der Waals surface area contributed by atoms with Crippen LogP contribution < -0.4 is 11.2 Å². The summed E-state index contributed by atoms with van der Waals surface area (Å²) in [5, 5.41) is 8.82. The molecule has 1 rings (SSSR count). The van der Waals surface area contributed by atoms with Gasteiger partial charge in [-0.3, -0.25) is 18.8 Å². The first kappa shape index (κ1) is 14.7. The summed E-state index contributed by atoms with van der Waals surface area (Å²) < 4.78 is 2.58. The number of aliphatic hydroxyl groups is 1. The lowest BCUT2D eigenvalue weighted by molar-refractivity contribution is 0.222. The first-order valence-corrected chi connectivity index (χ1v) is 6.10. The third-order valence-electron chi connectivity index (χ3n) is 3.09. The van der Waals surface area contributed by atoms with Crippen LogP contribution in [0, 0.1) is 0 Å². The molecule has 0 saturated heterocycles. The maximum atomic E-state index is 11.8. The molecule has 102 valence electrons. The zero-order valence-electron chi connectivity index (χ0n) is 11.2.